The van der Waals surface area contributed by atoms with Crippen molar-refractivity contribution in [3.05, 3.63) is 29.8 Å². The number of hydrogen-bond donors (Lipinski definition) is 1. The Balaban J connectivity index is 1.71. The van der Waals surface area contributed by atoms with Crippen molar-refractivity contribution in [3.63, 3.8) is 0 Å². The van der Waals surface area contributed by atoms with E-state index in [4.69, 9.17) is 16.3 Å². The number of unbranched alkanes of at least 4 members (excludes halogenated alkanes) is 3. The van der Waals surface area contributed by atoms with Crippen molar-refractivity contribution in [1.82, 2.24) is 10.2 Å². The smallest absolute Gasteiger partial charge is 0.247 e. The van der Waals surface area contributed by atoms with Gasteiger partial charge in [0.15, 0.2) is 0 Å². The molecule has 0 radical (unpaired) electrons. The monoisotopic (exact) mass is 462 g/mol. The highest BCUT2D eigenvalue weighted by Gasteiger charge is 2.41. The first-order valence-corrected chi connectivity index (χ1v) is 13.0. The maximum atomic E-state index is 13.5. The van der Waals surface area contributed by atoms with Crippen LogP contribution < -0.4 is 10.1 Å². The van der Waals surface area contributed by atoms with Crippen LogP contribution >= 0.6 is 11.6 Å². The van der Waals surface area contributed by atoms with Crippen molar-refractivity contribution in [1.29, 1.82) is 0 Å². The Morgan fingerprint density at radius 1 is 1.06 bits per heavy atom. The third-order valence-corrected chi connectivity index (χ3v) is 6.92. The molecular weight excluding hydrogens is 424 g/mol. The lowest BCUT2D eigenvalue weighted by Crippen LogP contribution is -2.48. The second-order valence-electron chi connectivity index (χ2n) is 9.51. The van der Waals surface area contributed by atoms with E-state index in [1.807, 2.05) is 24.3 Å². The number of nitrogens with zero attached hydrogens (tertiary/aromatic N) is 1. The van der Waals surface area contributed by atoms with E-state index in [2.05, 4.69) is 19.2 Å². The molecule has 2 amide bonds. The van der Waals surface area contributed by atoms with E-state index in [0.717, 1.165) is 56.3 Å². The minimum atomic E-state index is -0.647. The van der Waals surface area contributed by atoms with Gasteiger partial charge in [0.1, 0.15) is 17.7 Å². The third-order valence-electron chi connectivity index (χ3n) is 6.69. The Morgan fingerprint density at radius 3 is 2.34 bits per heavy atom. The van der Waals surface area contributed by atoms with Gasteiger partial charge >= 0.3 is 0 Å². The highest BCUT2D eigenvalue weighted by atomic mass is 35.5. The third kappa shape index (κ3) is 7.13. The average molecular weight is 463 g/mol. The zero-order chi connectivity index (χ0) is 22.9. The molecule has 0 heterocycles. The van der Waals surface area contributed by atoms with Gasteiger partial charge in [0.05, 0.1) is 6.61 Å². The van der Waals surface area contributed by atoms with E-state index in [0.29, 0.717) is 12.5 Å². The highest BCUT2D eigenvalue weighted by molar-refractivity contribution is 6.27. The molecule has 2 aliphatic rings. The quantitative estimate of drug-likeness (QED) is 0.324. The molecule has 3 rings (SSSR count). The number of ether oxygens (including phenoxy) is 1. The van der Waals surface area contributed by atoms with Gasteiger partial charge in [0, 0.05) is 12.1 Å². The molecule has 0 aromatic heterocycles. The summed E-state index contributed by atoms with van der Waals surface area (Å²) >= 11 is 5.94. The molecule has 1 N–H and O–H groups in total. The fourth-order valence-electron chi connectivity index (χ4n) is 4.57. The van der Waals surface area contributed by atoms with Crippen LogP contribution in [-0.2, 0) is 9.59 Å². The molecule has 32 heavy (non-hydrogen) atoms. The number of hydrogen-bond acceptors (Lipinski definition) is 3. The summed E-state index contributed by atoms with van der Waals surface area (Å²) in [7, 11) is 0. The first kappa shape index (κ1) is 24.9. The number of alkyl halides is 1. The van der Waals surface area contributed by atoms with Gasteiger partial charge < -0.3 is 15.0 Å². The van der Waals surface area contributed by atoms with Gasteiger partial charge in [-0.3, -0.25) is 9.59 Å². The van der Waals surface area contributed by atoms with Gasteiger partial charge in [-0.15, -0.1) is 11.6 Å². The summed E-state index contributed by atoms with van der Waals surface area (Å²) in [6, 6.07) is 7.29. The molecule has 2 fully saturated rings. The van der Waals surface area contributed by atoms with Crippen LogP contribution in [0.25, 0.3) is 0 Å². The van der Waals surface area contributed by atoms with E-state index in [9.17, 15) is 9.59 Å². The Labute approximate surface area is 198 Å². The summed E-state index contributed by atoms with van der Waals surface area (Å²) in [5.41, 5.74) is 0.815. The van der Waals surface area contributed by atoms with Crippen LogP contribution in [0.2, 0.25) is 0 Å². The molecule has 2 saturated carbocycles. The van der Waals surface area contributed by atoms with Gasteiger partial charge in [0.25, 0.3) is 0 Å². The van der Waals surface area contributed by atoms with Crippen LogP contribution in [-0.4, -0.2) is 41.3 Å². The lowest BCUT2D eigenvalue weighted by atomic mass is 9.87. The van der Waals surface area contributed by atoms with Gasteiger partial charge in [-0.25, -0.2) is 0 Å². The molecule has 0 aliphatic heterocycles. The first-order valence-electron chi connectivity index (χ1n) is 12.4. The van der Waals surface area contributed by atoms with E-state index in [1.165, 1.54) is 19.3 Å². The standard InChI is InChI=1S/C26H39ClN2O3/c1-3-4-5-6-17-32-23-15-9-20(10-16-23)25(29(22-13-14-22)24(30)18-27)26(31)28-21-11-7-19(2)8-12-21/h9-10,15-16,19,21-22,25H,3-8,11-14,17-18H2,1-2H3,(H,28,31)/t19?,21?,25-/m0/s1. The zero-order valence-corrected chi connectivity index (χ0v) is 20.4. The first-order chi connectivity index (χ1) is 15.5. The van der Waals surface area contributed by atoms with Gasteiger partial charge in [-0.1, -0.05) is 45.2 Å². The van der Waals surface area contributed by atoms with E-state index >= 15 is 0 Å². The molecule has 1 aromatic rings. The fraction of sp³-hybridized carbons (Fsp3) is 0.692. The predicted molar refractivity (Wildman–Crippen MR) is 129 cm³/mol. The van der Waals surface area contributed by atoms with Crippen molar-refractivity contribution < 1.29 is 14.3 Å². The Bertz CT molecular complexity index is 727. The number of halogens is 1. The SMILES string of the molecule is CCCCCCOc1ccc([C@@H](C(=O)NC2CCC(C)CC2)N(C(=O)CCl)C2CC2)cc1. The van der Waals surface area contributed by atoms with Crippen LogP contribution in [0.3, 0.4) is 0 Å². The number of rotatable bonds is 12. The molecule has 0 saturated heterocycles. The second kappa shape index (κ2) is 12.5. The van der Waals surface area contributed by atoms with Gasteiger partial charge in [-0.05, 0) is 68.6 Å². The number of benzene rings is 1. The largest absolute Gasteiger partial charge is 0.494 e. The number of carbonyl (C=O) groups excluding carboxylic acids is 2. The molecule has 6 heteroatoms. The molecule has 0 spiro atoms. The van der Waals surface area contributed by atoms with Gasteiger partial charge in [-0.2, -0.15) is 0 Å². The molecule has 1 atom stereocenters. The summed E-state index contributed by atoms with van der Waals surface area (Å²) < 4.78 is 5.87. The minimum Gasteiger partial charge on any atom is -0.494 e. The van der Waals surface area contributed by atoms with E-state index < -0.39 is 6.04 Å². The molecule has 1 aromatic carbocycles. The molecule has 5 nitrogen and oxygen atoms in total. The van der Waals surface area contributed by atoms with Crippen molar-refractivity contribution in [2.24, 2.45) is 5.92 Å². The summed E-state index contributed by atoms with van der Waals surface area (Å²) in [6.45, 7) is 5.16. The van der Waals surface area contributed by atoms with Crippen LogP contribution in [0.15, 0.2) is 24.3 Å². The Hall–Kier alpha value is -1.75. The zero-order valence-electron chi connectivity index (χ0n) is 19.7. The lowest BCUT2D eigenvalue weighted by molar-refractivity contribution is -0.140. The Morgan fingerprint density at radius 2 is 1.75 bits per heavy atom. The number of amides is 2. The van der Waals surface area contributed by atoms with Crippen LogP contribution in [0, 0.1) is 5.92 Å². The molecular formula is C26H39ClN2O3. The summed E-state index contributed by atoms with van der Waals surface area (Å²) in [5, 5.41) is 3.24. The molecule has 0 unspecified atom stereocenters. The number of carbonyl (C=O) groups is 2. The highest BCUT2D eigenvalue weighted by Crippen LogP contribution is 2.36. The summed E-state index contributed by atoms with van der Waals surface area (Å²) in [5.74, 6) is 1.13. The second-order valence-corrected chi connectivity index (χ2v) is 9.78. The normalized spacial score (nSPS) is 21.6. The topological polar surface area (TPSA) is 58.6 Å². The maximum Gasteiger partial charge on any atom is 0.247 e. The van der Waals surface area contributed by atoms with Crippen LogP contribution in [0.5, 0.6) is 5.75 Å². The van der Waals surface area contributed by atoms with E-state index in [-0.39, 0.29) is 29.8 Å². The van der Waals surface area contributed by atoms with Crippen molar-refractivity contribution in [3.8, 4) is 5.75 Å². The van der Waals surface area contributed by atoms with Crippen molar-refractivity contribution >= 4 is 23.4 Å². The van der Waals surface area contributed by atoms with Crippen LogP contribution in [0.4, 0.5) is 0 Å². The maximum absolute atomic E-state index is 13.5. The van der Waals surface area contributed by atoms with Crippen molar-refractivity contribution in [2.45, 2.75) is 96.2 Å². The van der Waals surface area contributed by atoms with Crippen LogP contribution in [0.1, 0.15) is 89.7 Å². The summed E-state index contributed by atoms with van der Waals surface area (Å²) in [6.07, 6.45) is 10.8. The lowest BCUT2D eigenvalue weighted by Gasteiger charge is -2.34. The number of nitrogens with one attached hydrogen (secondary N) is 1. The predicted octanol–water partition coefficient (Wildman–Crippen LogP) is 5.61. The fourth-order valence-corrected chi connectivity index (χ4v) is 4.71. The molecule has 178 valence electrons. The Kier molecular flexibility index (Phi) is 9.70. The molecule has 2 aliphatic carbocycles. The van der Waals surface area contributed by atoms with E-state index in [1.54, 1.807) is 4.90 Å². The summed E-state index contributed by atoms with van der Waals surface area (Å²) in [4.78, 5) is 27.9. The van der Waals surface area contributed by atoms with Crippen molar-refractivity contribution in [2.75, 3.05) is 12.5 Å². The molecule has 0 bridgehead atoms. The van der Waals surface area contributed by atoms with Gasteiger partial charge in [0.2, 0.25) is 11.8 Å². The average Bonchev–Trinajstić information content (AvgIpc) is 3.64. The minimum absolute atomic E-state index is 0.0943.